The second-order valence-electron chi connectivity index (χ2n) is 6.88. The lowest BCUT2D eigenvalue weighted by molar-refractivity contribution is -0.156. The van der Waals surface area contributed by atoms with Crippen molar-refractivity contribution in [3.63, 3.8) is 0 Å². The number of hydrazone groups is 1. The van der Waals surface area contributed by atoms with E-state index in [1.165, 1.54) is 23.9 Å². The van der Waals surface area contributed by atoms with Gasteiger partial charge in [-0.2, -0.15) is 5.10 Å². The Morgan fingerprint density at radius 2 is 1.96 bits per heavy atom. The molecule has 1 aromatic rings. The molecule has 0 saturated heterocycles. The van der Waals surface area contributed by atoms with E-state index in [-0.39, 0.29) is 23.6 Å². The molecule has 0 fully saturated rings. The Kier molecular flexibility index (Phi) is 5.05. The first kappa shape index (κ1) is 19.1. The third-order valence-electron chi connectivity index (χ3n) is 3.59. The smallest absolute Gasteiger partial charge is 0.327 e. The molecule has 0 radical (unpaired) electrons. The molecule has 2 aliphatic heterocycles. The molecule has 2 unspecified atom stereocenters. The van der Waals surface area contributed by atoms with Crippen molar-refractivity contribution in [2.24, 2.45) is 15.8 Å². The minimum absolute atomic E-state index is 0.107. The van der Waals surface area contributed by atoms with Gasteiger partial charge in [0.05, 0.1) is 7.11 Å². The zero-order valence-electron chi connectivity index (χ0n) is 15.4. The molecule has 1 amide bonds. The van der Waals surface area contributed by atoms with Crippen molar-refractivity contribution in [3.8, 4) is 6.01 Å². The number of amides is 1. The van der Waals surface area contributed by atoms with Crippen LogP contribution in [-0.2, 0) is 14.3 Å². The van der Waals surface area contributed by atoms with Crippen molar-refractivity contribution in [2.45, 2.75) is 37.8 Å². The summed E-state index contributed by atoms with van der Waals surface area (Å²) in [6.07, 6.45) is 3.16. The highest BCUT2D eigenvalue weighted by Crippen LogP contribution is 2.37. The number of aliphatic imine (C=N–C) groups is 1. The van der Waals surface area contributed by atoms with E-state index in [0.717, 1.165) is 0 Å². The predicted molar refractivity (Wildman–Crippen MR) is 99.5 cm³/mol. The Morgan fingerprint density at radius 3 is 2.52 bits per heavy atom. The van der Waals surface area contributed by atoms with Gasteiger partial charge in [-0.15, -0.1) is 0 Å². The average molecular weight is 392 g/mol. The Morgan fingerprint density at radius 1 is 1.30 bits per heavy atom. The van der Waals surface area contributed by atoms with E-state index in [2.05, 4.69) is 20.1 Å². The van der Waals surface area contributed by atoms with Crippen LogP contribution in [0.5, 0.6) is 6.01 Å². The summed E-state index contributed by atoms with van der Waals surface area (Å²) >= 11 is 1.36. The Labute approximate surface area is 160 Å². The zero-order chi connectivity index (χ0) is 19.8. The maximum absolute atomic E-state index is 12.2. The molecule has 10 nitrogen and oxygen atoms in total. The Balaban J connectivity index is 1.79. The number of hydrogen-bond acceptors (Lipinski definition) is 10. The third-order valence-corrected chi connectivity index (χ3v) is 4.90. The van der Waals surface area contributed by atoms with Crippen molar-refractivity contribution in [3.05, 3.63) is 18.0 Å². The number of aromatic nitrogens is 2. The minimum atomic E-state index is -0.673. The molecule has 0 bridgehead atoms. The molecule has 0 saturated carbocycles. The number of methoxy groups -OCH3 is 1. The van der Waals surface area contributed by atoms with Crippen molar-refractivity contribution in [1.82, 2.24) is 15.0 Å². The molecular weight excluding hydrogens is 372 g/mol. The predicted octanol–water partition coefficient (Wildman–Crippen LogP) is 0.172. The third kappa shape index (κ3) is 4.18. The number of esters is 1. The van der Waals surface area contributed by atoms with E-state index in [1.54, 1.807) is 33.2 Å². The van der Waals surface area contributed by atoms with Crippen LogP contribution in [0.4, 0.5) is 0 Å². The largest absolute Gasteiger partial charge is 0.467 e. The number of ether oxygens (including phenoxy) is 2. The fourth-order valence-corrected chi connectivity index (χ4v) is 3.78. The normalized spacial score (nSPS) is 21.4. The molecule has 2 aliphatic rings. The SMILES string of the molecule is COc1ncc(C2=NC3C(C(N)=O)=NN(CC(=O)OC(C)(C)C)C3S2)cn1. The van der Waals surface area contributed by atoms with Gasteiger partial charge in [0.25, 0.3) is 5.91 Å². The summed E-state index contributed by atoms with van der Waals surface area (Å²) in [6.45, 7) is 5.24. The molecule has 0 aromatic carbocycles. The summed E-state index contributed by atoms with van der Waals surface area (Å²) in [5, 5.41) is 5.95. The van der Waals surface area contributed by atoms with E-state index in [1.807, 2.05) is 0 Å². The summed E-state index contributed by atoms with van der Waals surface area (Å²) in [5.41, 5.74) is 5.61. The van der Waals surface area contributed by atoms with Crippen LogP contribution in [0.1, 0.15) is 26.3 Å². The first-order valence-electron chi connectivity index (χ1n) is 8.15. The fourth-order valence-electron chi connectivity index (χ4n) is 2.57. The lowest BCUT2D eigenvalue weighted by atomic mass is 10.2. The monoisotopic (exact) mass is 392 g/mol. The van der Waals surface area contributed by atoms with Gasteiger partial charge in [-0.3, -0.25) is 19.6 Å². The molecule has 1 aromatic heterocycles. The summed E-state index contributed by atoms with van der Waals surface area (Å²) in [5.74, 6) is -1.12. The van der Waals surface area contributed by atoms with Gasteiger partial charge in [-0.25, -0.2) is 9.97 Å². The molecule has 144 valence electrons. The van der Waals surface area contributed by atoms with E-state index in [0.29, 0.717) is 10.6 Å². The quantitative estimate of drug-likeness (QED) is 0.701. The van der Waals surface area contributed by atoms with Gasteiger partial charge in [-0.1, -0.05) is 11.8 Å². The first-order chi connectivity index (χ1) is 12.7. The molecular formula is C16H20N6O4S. The molecule has 2 atom stereocenters. The van der Waals surface area contributed by atoms with E-state index in [9.17, 15) is 9.59 Å². The fraction of sp³-hybridized carbons (Fsp3) is 0.500. The number of fused-ring (bicyclic) bond motifs is 1. The molecule has 0 spiro atoms. The van der Waals surface area contributed by atoms with Crippen molar-refractivity contribution >= 4 is 34.4 Å². The summed E-state index contributed by atoms with van der Waals surface area (Å²) in [4.78, 5) is 36.6. The average Bonchev–Trinajstić information content (AvgIpc) is 3.13. The highest BCUT2D eigenvalue weighted by Gasteiger charge is 2.46. The van der Waals surface area contributed by atoms with Gasteiger partial charge < -0.3 is 15.2 Å². The van der Waals surface area contributed by atoms with Crippen LogP contribution in [0.2, 0.25) is 0 Å². The Bertz CT molecular complexity index is 817. The van der Waals surface area contributed by atoms with Crippen molar-refractivity contribution in [1.29, 1.82) is 0 Å². The van der Waals surface area contributed by atoms with Crippen LogP contribution in [0.3, 0.4) is 0 Å². The second kappa shape index (κ2) is 7.14. The number of thioether (sulfide) groups is 1. The maximum atomic E-state index is 12.2. The van der Waals surface area contributed by atoms with E-state index in [4.69, 9.17) is 15.2 Å². The van der Waals surface area contributed by atoms with Crippen molar-refractivity contribution in [2.75, 3.05) is 13.7 Å². The zero-order valence-corrected chi connectivity index (χ0v) is 16.2. The lowest BCUT2D eigenvalue weighted by Gasteiger charge is -2.24. The number of nitrogens with two attached hydrogens (primary N) is 1. The standard InChI is InChI=1S/C16H20N6O4S/c1-16(2,3)26-9(23)7-22-14-11(10(21-22)12(17)24)20-13(27-14)8-5-18-15(25-4)19-6-8/h5-6,11,14H,7H2,1-4H3,(H2,17,24). The number of hydrogen-bond donors (Lipinski definition) is 1. The molecule has 27 heavy (non-hydrogen) atoms. The minimum Gasteiger partial charge on any atom is -0.467 e. The number of primary amides is 1. The molecule has 11 heteroatoms. The molecule has 2 N–H and O–H groups in total. The van der Waals surface area contributed by atoms with E-state index < -0.39 is 23.5 Å². The molecule has 3 rings (SSSR count). The second-order valence-corrected chi connectivity index (χ2v) is 7.98. The number of rotatable bonds is 5. The first-order valence-corrected chi connectivity index (χ1v) is 9.03. The lowest BCUT2D eigenvalue weighted by Crippen LogP contribution is -2.38. The number of carbonyl (C=O) groups is 2. The van der Waals surface area contributed by atoms with Gasteiger partial charge in [0, 0.05) is 18.0 Å². The summed E-state index contributed by atoms with van der Waals surface area (Å²) in [6, 6.07) is -0.319. The highest BCUT2D eigenvalue weighted by atomic mass is 32.2. The topological polar surface area (TPSA) is 132 Å². The van der Waals surface area contributed by atoms with Gasteiger partial charge in [0.2, 0.25) is 0 Å². The van der Waals surface area contributed by atoms with Crippen LogP contribution in [0, 0.1) is 0 Å². The van der Waals surface area contributed by atoms with Gasteiger partial charge in [0.15, 0.2) is 5.71 Å². The Hall–Kier alpha value is -2.69. The van der Waals surface area contributed by atoms with Gasteiger partial charge >= 0.3 is 12.0 Å². The molecule has 3 heterocycles. The van der Waals surface area contributed by atoms with Crippen LogP contribution in [0.25, 0.3) is 0 Å². The van der Waals surface area contributed by atoms with Crippen LogP contribution >= 0.6 is 11.8 Å². The van der Waals surface area contributed by atoms with Crippen LogP contribution in [-0.4, -0.2) is 68.3 Å². The number of nitrogens with zero attached hydrogens (tertiary/aromatic N) is 5. The van der Waals surface area contributed by atoms with Crippen molar-refractivity contribution < 1.29 is 19.1 Å². The molecule has 0 aliphatic carbocycles. The van der Waals surface area contributed by atoms with Crippen LogP contribution < -0.4 is 10.5 Å². The highest BCUT2D eigenvalue weighted by molar-refractivity contribution is 8.15. The van der Waals surface area contributed by atoms with Crippen LogP contribution in [0.15, 0.2) is 22.5 Å². The van der Waals surface area contributed by atoms with Gasteiger partial charge in [0.1, 0.15) is 28.6 Å². The summed E-state index contributed by atoms with van der Waals surface area (Å²) < 4.78 is 10.3. The van der Waals surface area contributed by atoms with Gasteiger partial charge in [-0.05, 0) is 20.8 Å². The van der Waals surface area contributed by atoms with E-state index >= 15 is 0 Å². The number of carbonyl (C=O) groups excluding carboxylic acids is 2. The summed E-state index contributed by atoms with van der Waals surface area (Å²) in [7, 11) is 1.48. The maximum Gasteiger partial charge on any atom is 0.327 e.